The van der Waals surface area contributed by atoms with E-state index in [-0.39, 0.29) is 24.8 Å². The first-order chi connectivity index (χ1) is 5.34. The molecule has 1 heterocycles. The summed E-state index contributed by atoms with van der Waals surface area (Å²) in [6.07, 6.45) is 1.74. The van der Waals surface area contributed by atoms with Gasteiger partial charge < -0.3 is 11.1 Å². The van der Waals surface area contributed by atoms with Crippen molar-refractivity contribution in [2.45, 2.75) is 0 Å². The number of nitrogens with zero attached hydrogens (tertiary/aromatic N) is 1. The van der Waals surface area contributed by atoms with E-state index in [2.05, 4.69) is 26.2 Å². The van der Waals surface area contributed by atoms with Crippen LogP contribution < -0.4 is 11.1 Å². The number of halogens is 3. The second kappa shape index (κ2) is 8.56. The van der Waals surface area contributed by atoms with Crippen LogP contribution in [0.5, 0.6) is 0 Å². The first-order valence-corrected chi connectivity index (χ1v) is 4.18. The molecule has 0 bridgehead atoms. The third-order valence-electron chi connectivity index (χ3n) is 1.20. The van der Waals surface area contributed by atoms with Gasteiger partial charge in [-0.05, 0) is 28.1 Å². The molecule has 1 aromatic rings. The number of rotatable bonds is 3. The quantitative estimate of drug-likeness (QED) is 0.895. The van der Waals surface area contributed by atoms with Gasteiger partial charge in [-0.25, -0.2) is 4.98 Å². The van der Waals surface area contributed by atoms with Gasteiger partial charge in [-0.1, -0.05) is 0 Å². The van der Waals surface area contributed by atoms with Crippen LogP contribution in [0.1, 0.15) is 0 Å². The van der Waals surface area contributed by atoms with Crippen LogP contribution in [-0.4, -0.2) is 18.1 Å². The molecular weight excluding hydrogens is 277 g/mol. The highest BCUT2D eigenvalue weighted by Crippen LogP contribution is 2.17. The second-order valence-electron chi connectivity index (χ2n) is 2.05. The number of anilines is 1. The molecule has 0 saturated carbocycles. The van der Waals surface area contributed by atoms with E-state index in [1.54, 1.807) is 6.20 Å². The zero-order valence-electron chi connectivity index (χ0n) is 6.87. The van der Waals surface area contributed by atoms with Gasteiger partial charge in [0.2, 0.25) is 0 Å². The normalized spacial score (nSPS) is 8.15. The molecule has 0 atom stereocenters. The highest BCUT2D eigenvalue weighted by atomic mass is 79.9. The first-order valence-electron chi connectivity index (χ1n) is 3.39. The van der Waals surface area contributed by atoms with E-state index in [4.69, 9.17) is 5.73 Å². The molecule has 0 aromatic carbocycles. The summed E-state index contributed by atoms with van der Waals surface area (Å²) in [6, 6.07) is 3.81. The molecule has 0 unspecified atom stereocenters. The Kier molecular flexibility index (Phi) is 10.2. The van der Waals surface area contributed by atoms with E-state index in [9.17, 15) is 0 Å². The average molecular weight is 289 g/mol. The predicted octanol–water partition coefficient (Wildman–Crippen LogP) is 2.06. The Morgan fingerprint density at radius 2 is 2.15 bits per heavy atom. The summed E-state index contributed by atoms with van der Waals surface area (Å²) < 4.78 is 0.966. The molecular formula is C7H12BrCl2N3. The van der Waals surface area contributed by atoms with Crippen molar-refractivity contribution < 1.29 is 0 Å². The van der Waals surface area contributed by atoms with Crippen LogP contribution in [-0.2, 0) is 0 Å². The van der Waals surface area contributed by atoms with E-state index >= 15 is 0 Å². The zero-order valence-corrected chi connectivity index (χ0v) is 10.1. The van der Waals surface area contributed by atoms with Crippen LogP contribution in [0.4, 0.5) is 5.82 Å². The summed E-state index contributed by atoms with van der Waals surface area (Å²) >= 11 is 3.36. The van der Waals surface area contributed by atoms with Crippen LogP contribution in [0.2, 0.25) is 0 Å². The van der Waals surface area contributed by atoms with Crippen LogP contribution in [0, 0.1) is 0 Å². The van der Waals surface area contributed by atoms with Gasteiger partial charge in [0, 0.05) is 19.3 Å². The summed E-state index contributed by atoms with van der Waals surface area (Å²) in [6.45, 7) is 1.36. The Bertz CT molecular complexity index is 235. The van der Waals surface area contributed by atoms with Gasteiger partial charge in [0.1, 0.15) is 5.82 Å². The van der Waals surface area contributed by atoms with E-state index in [0.717, 1.165) is 16.8 Å². The van der Waals surface area contributed by atoms with Gasteiger partial charge in [0.25, 0.3) is 0 Å². The van der Waals surface area contributed by atoms with Crippen molar-refractivity contribution in [2.24, 2.45) is 5.73 Å². The van der Waals surface area contributed by atoms with Crippen LogP contribution >= 0.6 is 40.7 Å². The summed E-state index contributed by atoms with van der Waals surface area (Å²) in [4.78, 5) is 4.10. The number of hydrogen-bond donors (Lipinski definition) is 2. The molecule has 13 heavy (non-hydrogen) atoms. The van der Waals surface area contributed by atoms with Gasteiger partial charge >= 0.3 is 0 Å². The number of hydrogen-bond acceptors (Lipinski definition) is 3. The van der Waals surface area contributed by atoms with Crippen molar-refractivity contribution in [3.63, 3.8) is 0 Å². The lowest BCUT2D eigenvalue weighted by Gasteiger charge is -2.03. The molecule has 3 N–H and O–H groups in total. The van der Waals surface area contributed by atoms with E-state index in [1.165, 1.54) is 0 Å². The van der Waals surface area contributed by atoms with E-state index in [0.29, 0.717) is 6.54 Å². The zero-order chi connectivity index (χ0) is 8.10. The van der Waals surface area contributed by atoms with Gasteiger partial charge in [-0.15, -0.1) is 24.8 Å². The lowest BCUT2D eigenvalue weighted by molar-refractivity contribution is 1.01. The standard InChI is InChI=1S/C7H10BrN3.2ClH/c8-6-2-1-4-10-7(6)11-5-3-9;;/h1-2,4H,3,5,9H2,(H,10,11);2*1H. The van der Waals surface area contributed by atoms with Crippen molar-refractivity contribution in [3.05, 3.63) is 22.8 Å². The monoisotopic (exact) mass is 287 g/mol. The Hall–Kier alpha value is -0.0300. The lowest BCUT2D eigenvalue weighted by Crippen LogP contribution is -2.13. The highest BCUT2D eigenvalue weighted by Gasteiger charge is 1.95. The molecule has 3 nitrogen and oxygen atoms in total. The molecule has 0 aliphatic rings. The van der Waals surface area contributed by atoms with Crippen molar-refractivity contribution in [3.8, 4) is 0 Å². The first kappa shape index (κ1) is 15.4. The number of nitrogens with two attached hydrogens (primary N) is 1. The van der Waals surface area contributed by atoms with Gasteiger partial charge in [-0.2, -0.15) is 0 Å². The van der Waals surface area contributed by atoms with E-state index < -0.39 is 0 Å². The molecule has 0 spiro atoms. The molecule has 0 fully saturated rings. The number of nitrogens with one attached hydrogen (secondary N) is 1. The largest absolute Gasteiger partial charge is 0.368 e. The van der Waals surface area contributed by atoms with Crippen molar-refractivity contribution in [1.82, 2.24) is 4.98 Å². The maximum absolute atomic E-state index is 5.32. The summed E-state index contributed by atoms with van der Waals surface area (Å²) in [7, 11) is 0. The molecule has 0 saturated heterocycles. The summed E-state index contributed by atoms with van der Waals surface area (Å²) in [5, 5.41) is 3.08. The smallest absolute Gasteiger partial charge is 0.140 e. The van der Waals surface area contributed by atoms with Crippen LogP contribution in [0.3, 0.4) is 0 Å². The fourth-order valence-corrected chi connectivity index (χ4v) is 1.10. The maximum atomic E-state index is 5.32. The van der Waals surface area contributed by atoms with Gasteiger partial charge in [0.15, 0.2) is 0 Å². The molecule has 0 amide bonds. The van der Waals surface area contributed by atoms with Crippen molar-refractivity contribution in [2.75, 3.05) is 18.4 Å². The van der Waals surface area contributed by atoms with Gasteiger partial charge in [-0.3, -0.25) is 0 Å². The average Bonchev–Trinajstić information content (AvgIpc) is 2.03. The number of aromatic nitrogens is 1. The summed E-state index contributed by atoms with van der Waals surface area (Å²) in [5.41, 5.74) is 5.32. The predicted molar refractivity (Wildman–Crippen MR) is 64.0 cm³/mol. The lowest BCUT2D eigenvalue weighted by atomic mass is 10.4. The minimum absolute atomic E-state index is 0. The maximum Gasteiger partial charge on any atom is 0.140 e. The Balaban J connectivity index is 0. The van der Waals surface area contributed by atoms with Crippen molar-refractivity contribution >= 4 is 46.6 Å². The second-order valence-corrected chi connectivity index (χ2v) is 2.90. The highest BCUT2D eigenvalue weighted by molar-refractivity contribution is 9.10. The summed E-state index contributed by atoms with van der Waals surface area (Å²) in [5.74, 6) is 0.845. The molecule has 0 aliphatic carbocycles. The van der Waals surface area contributed by atoms with Crippen LogP contribution in [0.15, 0.2) is 22.8 Å². The fraction of sp³-hybridized carbons (Fsp3) is 0.286. The minimum atomic E-state index is 0. The molecule has 76 valence electrons. The van der Waals surface area contributed by atoms with Crippen molar-refractivity contribution in [1.29, 1.82) is 0 Å². The number of pyridine rings is 1. The molecule has 0 radical (unpaired) electrons. The molecule has 1 aromatic heterocycles. The molecule has 0 aliphatic heterocycles. The van der Waals surface area contributed by atoms with Crippen LogP contribution in [0.25, 0.3) is 0 Å². The Morgan fingerprint density at radius 3 is 2.69 bits per heavy atom. The third-order valence-corrected chi connectivity index (χ3v) is 1.84. The van der Waals surface area contributed by atoms with E-state index in [1.807, 2.05) is 12.1 Å². The SMILES string of the molecule is Cl.Cl.NCCNc1ncccc1Br. The third kappa shape index (κ3) is 5.31. The molecule has 6 heteroatoms. The fourth-order valence-electron chi connectivity index (χ4n) is 0.706. The van der Waals surface area contributed by atoms with Gasteiger partial charge in [0.05, 0.1) is 4.47 Å². The minimum Gasteiger partial charge on any atom is -0.368 e. The Morgan fingerprint density at radius 1 is 1.46 bits per heavy atom. The topological polar surface area (TPSA) is 50.9 Å². The molecule has 1 rings (SSSR count). The Labute approximate surface area is 98.4 Å².